The van der Waals surface area contributed by atoms with Gasteiger partial charge in [0, 0.05) is 47.3 Å². The molecular weight excluding hydrogens is 424 g/mol. The van der Waals surface area contributed by atoms with Gasteiger partial charge in [0.2, 0.25) is 0 Å². The molecule has 2 aromatic heterocycles. The monoisotopic (exact) mass is 464 g/mol. The van der Waals surface area contributed by atoms with E-state index in [1.165, 1.54) is 32.9 Å². The second-order valence-electron chi connectivity index (χ2n) is 8.74. The number of methoxy groups -OCH3 is 2. The fourth-order valence-corrected chi connectivity index (χ4v) is 3.92. The van der Waals surface area contributed by atoms with E-state index in [9.17, 15) is 0 Å². The van der Waals surface area contributed by atoms with Crippen LogP contribution >= 0.6 is 0 Å². The van der Waals surface area contributed by atoms with Crippen molar-refractivity contribution in [3.8, 4) is 11.5 Å². The van der Waals surface area contributed by atoms with Crippen LogP contribution in [0.25, 0.3) is 21.8 Å². The number of ether oxygens (including phenoxy) is 2. The van der Waals surface area contributed by atoms with Crippen LogP contribution in [0, 0.1) is 0 Å². The Morgan fingerprint density at radius 2 is 1.09 bits per heavy atom. The van der Waals surface area contributed by atoms with Gasteiger partial charge in [-0.1, -0.05) is 13.8 Å². The molecule has 0 aliphatic carbocycles. The minimum atomic E-state index is 0.919. The lowest BCUT2D eigenvalue weighted by Gasteiger charge is -2.12. The SMILES string of the molecule is CCN(C)CCc1c[nH]c2ccc(OC)cc12.CCN(C)CCc1c[nH]c2ccc(OC)cc12. The maximum atomic E-state index is 5.27. The predicted octanol–water partition coefficient (Wildman–Crippen LogP) is 5.34. The number of hydrogen-bond acceptors (Lipinski definition) is 4. The van der Waals surface area contributed by atoms with E-state index in [0.717, 1.165) is 50.5 Å². The topological polar surface area (TPSA) is 56.5 Å². The van der Waals surface area contributed by atoms with Crippen LogP contribution in [0.15, 0.2) is 48.8 Å². The molecule has 6 nitrogen and oxygen atoms in total. The molecule has 0 aliphatic rings. The van der Waals surface area contributed by atoms with Gasteiger partial charge in [0.15, 0.2) is 0 Å². The molecule has 2 N–H and O–H groups in total. The second kappa shape index (κ2) is 12.5. The van der Waals surface area contributed by atoms with Crippen LogP contribution in [0.1, 0.15) is 25.0 Å². The first-order valence-electron chi connectivity index (χ1n) is 12.1. The van der Waals surface area contributed by atoms with Crippen LogP contribution < -0.4 is 9.47 Å². The average molecular weight is 465 g/mol. The fraction of sp³-hybridized carbons (Fsp3) is 0.429. The summed E-state index contributed by atoms with van der Waals surface area (Å²) in [5.74, 6) is 1.84. The molecule has 0 saturated carbocycles. The summed E-state index contributed by atoms with van der Waals surface area (Å²) in [5.41, 5.74) is 5.08. The summed E-state index contributed by atoms with van der Waals surface area (Å²) in [6.45, 7) is 8.70. The van der Waals surface area contributed by atoms with Gasteiger partial charge in [0.05, 0.1) is 14.2 Å². The number of likely N-dealkylation sites (N-methyl/N-ethyl adjacent to an activating group) is 2. The highest BCUT2D eigenvalue weighted by molar-refractivity contribution is 5.85. The quantitative estimate of drug-likeness (QED) is 0.333. The normalized spacial score (nSPS) is 11.3. The Morgan fingerprint density at radius 1 is 0.676 bits per heavy atom. The smallest absolute Gasteiger partial charge is 0.119 e. The average Bonchev–Trinajstić information content (AvgIpc) is 3.48. The maximum Gasteiger partial charge on any atom is 0.119 e. The molecule has 0 radical (unpaired) electrons. The second-order valence-corrected chi connectivity index (χ2v) is 8.74. The van der Waals surface area contributed by atoms with Gasteiger partial charge in [-0.15, -0.1) is 0 Å². The number of rotatable bonds is 10. The molecular formula is C28H40N4O2. The third-order valence-corrected chi connectivity index (χ3v) is 6.55. The summed E-state index contributed by atoms with van der Waals surface area (Å²) in [4.78, 5) is 11.3. The van der Waals surface area contributed by atoms with Crippen molar-refractivity contribution in [1.29, 1.82) is 0 Å². The Hall–Kier alpha value is -2.96. The molecule has 6 heteroatoms. The van der Waals surface area contributed by atoms with Crippen LogP contribution in [-0.2, 0) is 12.8 Å². The van der Waals surface area contributed by atoms with Gasteiger partial charge in [-0.2, -0.15) is 0 Å². The molecule has 4 aromatic rings. The third kappa shape index (κ3) is 6.55. The highest BCUT2D eigenvalue weighted by atomic mass is 16.5. The zero-order chi connectivity index (χ0) is 24.5. The van der Waals surface area contributed by atoms with Gasteiger partial charge in [0.25, 0.3) is 0 Å². The first kappa shape index (κ1) is 25.7. The van der Waals surface area contributed by atoms with Crippen molar-refractivity contribution < 1.29 is 9.47 Å². The van der Waals surface area contributed by atoms with Gasteiger partial charge in [0.1, 0.15) is 11.5 Å². The molecule has 0 fully saturated rings. The number of hydrogen-bond donors (Lipinski definition) is 2. The van der Waals surface area contributed by atoms with E-state index in [1.54, 1.807) is 14.2 Å². The van der Waals surface area contributed by atoms with Crippen LogP contribution in [-0.4, -0.2) is 74.3 Å². The molecule has 0 saturated heterocycles. The van der Waals surface area contributed by atoms with Crippen molar-refractivity contribution in [2.24, 2.45) is 0 Å². The van der Waals surface area contributed by atoms with Gasteiger partial charge in [-0.3, -0.25) is 0 Å². The Morgan fingerprint density at radius 3 is 1.44 bits per heavy atom. The van der Waals surface area contributed by atoms with Gasteiger partial charge >= 0.3 is 0 Å². The minimum Gasteiger partial charge on any atom is -0.497 e. The molecule has 0 unspecified atom stereocenters. The number of aromatic nitrogens is 2. The van der Waals surface area contributed by atoms with E-state index in [-0.39, 0.29) is 0 Å². The number of H-pyrrole nitrogens is 2. The number of fused-ring (bicyclic) bond motifs is 2. The van der Waals surface area contributed by atoms with Crippen molar-refractivity contribution in [2.45, 2.75) is 26.7 Å². The van der Waals surface area contributed by atoms with Crippen molar-refractivity contribution in [2.75, 3.05) is 54.5 Å². The van der Waals surface area contributed by atoms with Gasteiger partial charge in [-0.25, -0.2) is 0 Å². The van der Waals surface area contributed by atoms with Gasteiger partial charge < -0.3 is 29.2 Å². The lowest BCUT2D eigenvalue weighted by Crippen LogP contribution is -2.20. The molecule has 2 heterocycles. The molecule has 184 valence electrons. The zero-order valence-corrected chi connectivity index (χ0v) is 21.6. The summed E-state index contributed by atoms with van der Waals surface area (Å²) in [7, 11) is 7.71. The molecule has 34 heavy (non-hydrogen) atoms. The molecule has 0 atom stereocenters. The minimum absolute atomic E-state index is 0.919. The summed E-state index contributed by atoms with van der Waals surface area (Å²) in [6, 6.07) is 12.3. The number of benzene rings is 2. The van der Waals surface area contributed by atoms with E-state index in [1.807, 2.05) is 12.1 Å². The van der Waals surface area contributed by atoms with Crippen LogP contribution in [0.3, 0.4) is 0 Å². The van der Waals surface area contributed by atoms with Crippen molar-refractivity contribution in [3.05, 3.63) is 59.9 Å². The van der Waals surface area contributed by atoms with Crippen LogP contribution in [0.5, 0.6) is 11.5 Å². The molecule has 0 spiro atoms. The van der Waals surface area contributed by atoms with Gasteiger partial charge in [-0.05, 0) is 87.6 Å². The summed E-state index contributed by atoms with van der Waals surface area (Å²) >= 11 is 0. The fourth-order valence-electron chi connectivity index (χ4n) is 3.92. The first-order chi connectivity index (χ1) is 16.5. The molecule has 0 bridgehead atoms. The van der Waals surface area contributed by atoms with E-state index in [2.05, 4.69) is 84.4 Å². The Bertz CT molecular complexity index is 1070. The lowest BCUT2D eigenvalue weighted by molar-refractivity contribution is 0.358. The predicted molar refractivity (Wildman–Crippen MR) is 143 cm³/mol. The zero-order valence-electron chi connectivity index (χ0n) is 21.6. The molecule has 0 amide bonds. The standard InChI is InChI=1S/2C14H20N2O/c2*1-4-16(2)8-7-11-10-15-14-6-5-12(17-3)9-13(11)14/h2*5-6,9-10,15H,4,7-8H2,1-3H3. The van der Waals surface area contributed by atoms with E-state index in [0.29, 0.717) is 0 Å². The Labute approximate surface area is 203 Å². The maximum absolute atomic E-state index is 5.27. The van der Waals surface area contributed by atoms with E-state index >= 15 is 0 Å². The lowest BCUT2D eigenvalue weighted by atomic mass is 10.1. The summed E-state index contributed by atoms with van der Waals surface area (Å²) in [5, 5.41) is 2.54. The van der Waals surface area contributed by atoms with Crippen molar-refractivity contribution in [3.63, 3.8) is 0 Å². The third-order valence-electron chi connectivity index (χ3n) is 6.55. The Balaban J connectivity index is 0.000000191. The van der Waals surface area contributed by atoms with Crippen LogP contribution in [0.4, 0.5) is 0 Å². The highest BCUT2D eigenvalue weighted by Crippen LogP contribution is 2.25. The number of nitrogens with one attached hydrogen (secondary N) is 2. The molecule has 2 aromatic carbocycles. The summed E-state index contributed by atoms with van der Waals surface area (Å²) < 4.78 is 10.5. The van der Waals surface area contributed by atoms with E-state index < -0.39 is 0 Å². The number of nitrogens with zero attached hydrogens (tertiary/aromatic N) is 2. The van der Waals surface area contributed by atoms with Crippen molar-refractivity contribution >= 4 is 21.8 Å². The molecule has 0 aliphatic heterocycles. The number of aromatic amines is 2. The largest absolute Gasteiger partial charge is 0.497 e. The van der Waals surface area contributed by atoms with E-state index in [4.69, 9.17) is 9.47 Å². The molecule has 4 rings (SSSR count). The highest BCUT2D eigenvalue weighted by Gasteiger charge is 2.07. The summed E-state index contributed by atoms with van der Waals surface area (Å²) in [6.07, 6.45) is 6.34. The first-order valence-corrected chi connectivity index (χ1v) is 12.1. The Kier molecular flexibility index (Phi) is 9.42. The van der Waals surface area contributed by atoms with Crippen LogP contribution in [0.2, 0.25) is 0 Å². The van der Waals surface area contributed by atoms with Crippen molar-refractivity contribution in [1.82, 2.24) is 19.8 Å².